The van der Waals surface area contributed by atoms with Crippen LogP contribution in [0.4, 0.5) is 4.79 Å². The molecule has 0 radical (unpaired) electrons. The standard InChI is InChI=1S/C16H22N4O2/c1-15(2,3)22-14(21)19-11-5-8-16(19,4)12-6-9-17-13-7-10-18-20(12)13/h6-7,9-10H,5,8,11H2,1-4H3/t16-/m1/s1. The first-order valence-corrected chi connectivity index (χ1v) is 7.61. The van der Waals surface area contributed by atoms with E-state index >= 15 is 0 Å². The molecule has 118 valence electrons. The normalized spacial score (nSPS) is 22.3. The number of fused-ring (bicyclic) bond motifs is 1. The van der Waals surface area contributed by atoms with E-state index in [-0.39, 0.29) is 6.09 Å². The fraction of sp³-hybridized carbons (Fsp3) is 0.562. The Kier molecular flexibility index (Phi) is 3.34. The predicted molar refractivity (Wildman–Crippen MR) is 82.5 cm³/mol. The summed E-state index contributed by atoms with van der Waals surface area (Å²) in [6, 6.07) is 3.79. The quantitative estimate of drug-likeness (QED) is 0.812. The molecule has 1 amide bonds. The van der Waals surface area contributed by atoms with Crippen molar-refractivity contribution in [2.45, 2.75) is 51.7 Å². The number of nitrogens with zero attached hydrogens (tertiary/aromatic N) is 4. The fourth-order valence-electron chi connectivity index (χ4n) is 3.08. The maximum Gasteiger partial charge on any atom is 0.411 e. The molecule has 6 nitrogen and oxygen atoms in total. The van der Waals surface area contributed by atoms with Gasteiger partial charge in [-0.3, -0.25) is 4.90 Å². The molecule has 1 aliphatic heterocycles. The number of aromatic nitrogens is 3. The summed E-state index contributed by atoms with van der Waals surface area (Å²) >= 11 is 0. The molecule has 1 fully saturated rings. The van der Waals surface area contributed by atoms with E-state index in [4.69, 9.17) is 4.74 Å². The lowest BCUT2D eigenvalue weighted by molar-refractivity contribution is 0.00894. The molecule has 0 saturated carbocycles. The molecule has 0 aromatic carbocycles. The van der Waals surface area contributed by atoms with Crippen LogP contribution >= 0.6 is 0 Å². The Labute approximate surface area is 130 Å². The Morgan fingerprint density at radius 1 is 1.32 bits per heavy atom. The minimum atomic E-state index is -0.500. The van der Waals surface area contributed by atoms with Crippen LogP contribution < -0.4 is 0 Å². The lowest BCUT2D eigenvalue weighted by Crippen LogP contribution is -2.46. The van der Waals surface area contributed by atoms with Gasteiger partial charge in [-0.2, -0.15) is 5.10 Å². The van der Waals surface area contributed by atoms with E-state index in [1.165, 1.54) is 0 Å². The van der Waals surface area contributed by atoms with Gasteiger partial charge in [0.15, 0.2) is 5.65 Å². The van der Waals surface area contributed by atoms with Crippen LogP contribution in [0.1, 0.15) is 46.2 Å². The van der Waals surface area contributed by atoms with Crippen LogP contribution in [0.25, 0.3) is 5.65 Å². The van der Waals surface area contributed by atoms with E-state index < -0.39 is 11.1 Å². The van der Waals surface area contributed by atoms with Crippen molar-refractivity contribution in [1.29, 1.82) is 0 Å². The fourth-order valence-corrected chi connectivity index (χ4v) is 3.08. The molecule has 3 heterocycles. The third-order valence-electron chi connectivity index (χ3n) is 4.10. The van der Waals surface area contributed by atoms with Crippen LogP contribution in [0.3, 0.4) is 0 Å². The van der Waals surface area contributed by atoms with Crippen molar-refractivity contribution in [3.8, 4) is 0 Å². The lowest BCUT2D eigenvalue weighted by Gasteiger charge is -2.36. The van der Waals surface area contributed by atoms with Crippen LogP contribution in [0, 0.1) is 0 Å². The van der Waals surface area contributed by atoms with Crippen molar-refractivity contribution in [2.24, 2.45) is 0 Å². The molecule has 22 heavy (non-hydrogen) atoms. The molecule has 0 aliphatic carbocycles. The monoisotopic (exact) mass is 302 g/mol. The van der Waals surface area contributed by atoms with Gasteiger partial charge in [-0.15, -0.1) is 0 Å². The summed E-state index contributed by atoms with van der Waals surface area (Å²) in [6.45, 7) is 8.42. The highest BCUT2D eigenvalue weighted by molar-refractivity contribution is 5.70. The van der Waals surface area contributed by atoms with Gasteiger partial charge >= 0.3 is 6.09 Å². The molecule has 0 bridgehead atoms. The molecule has 1 saturated heterocycles. The Morgan fingerprint density at radius 2 is 2.09 bits per heavy atom. The van der Waals surface area contributed by atoms with Crippen LogP contribution in [0.2, 0.25) is 0 Å². The molecular formula is C16H22N4O2. The largest absolute Gasteiger partial charge is 0.444 e. The van der Waals surface area contributed by atoms with Gasteiger partial charge in [0, 0.05) is 18.8 Å². The molecule has 2 aromatic heterocycles. The van der Waals surface area contributed by atoms with E-state index in [0.29, 0.717) is 6.54 Å². The van der Waals surface area contributed by atoms with E-state index in [1.807, 2.05) is 42.3 Å². The maximum atomic E-state index is 12.6. The number of rotatable bonds is 1. The molecule has 2 aromatic rings. The number of hydrogen-bond donors (Lipinski definition) is 0. The smallest absolute Gasteiger partial charge is 0.411 e. The number of ether oxygens (including phenoxy) is 1. The van der Waals surface area contributed by atoms with Gasteiger partial charge in [0.1, 0.15) is 5.60 Å². The molecule has 6 heteroatoms. The molecular weight excluding hydrogens is 280 g/mol. The highest BCUT2D eigenvalue weighted by Crippen LogP contribution is 2.39. The summed E-state index contributed by atoms with van der Waals surface area (Å²) in [6.07, 6.45) is 5.04. The predicted octanol–water partition coefficient (Wildman–Crippen LogP) is 2.98. The first-order chi connectivity index (χ1) is 10.3. The first-order valence-electron chi connectivity index (χ1n) is 7.61. The Morgan fingerprint density at radius 3 is 2.82 bits per heavy atom. The van der Waals surface area contributed by atoms with Crippen LogP contribution in [0.5, 0.6) is 0 Å². The zero-order chi connectivity index (χ0) is 16.0. The summed E-state index contributed by atoms with van der Waals surface area (Å²) < 4.78 is 7.38. The number of hydrogen-bond acceptors (Lipinski definition) is 4. The maximum absolute atomic E-state index is 12.6. The van der Waals surface area contributed by atoms with Crippen LogP contribution in [0.15, 0.2) is 24.5 Å². The Hall–Kier alpha value is -2.11. The first kappa shape index (κ1) is 14.8. The number of amides is 1. The minimum Gasteiger partial charge on any atom is -0.444 e. The molecule has 1 atom stereocenters. The lowest BCUT2D eigenvalue weighted by atomic mass is 9.94. The highest BCUT2D eigenvalue weighted by Gasteiger charge is 2.44. The zero-order valence-corrected chi connectivity index (χ0v) is 13.5. The highest BCUT2D eigenvalue weighted by atomic mass is 16.6. The third-order valence-corrected chi connectivity index (χ3v) is 4.10. The molecule has 0 spiro atoms. The van der Waals surface area contributed by atoms with Crippen molar-refractivity contribution in [3.63, 3.8) is 0 Å². The summed E-state index contributed by atoms with van der Waals surface area (Å²) in [5.41, 5.74) is 0.815. The number of carbonyl (C=O) groups is 1. The van der Waals surface area contributed by atoms with Crippen LogP contribution in [-0.4, -0.2) is 37.7 Å². The second-order valence-electron chi connectivity index (χ2n) is 6.94. The van der Waals surface area contributed by atoms with Crippen molar-refractivity contribution in [3.05, 3.63) is 30.2 Å². The summed E-state index contributed by atoms with van der Waals surface area (Å²) in [5, 5.41) is 4.35. The van der Waals surface area contributed by atoms with Gasteiger partial charge in [0.25, 0.3) is 0 Å². The Bertz CT molecular complexity index is 703. The van der Waals surface area contributed by atoms with E-state index in [1.54, 1.807) is 12.4 Å². The average Bonchev–Trinajstić information content (AvgIpc) is 3.02. The second kappa shape index (κ2) is 4.97. The number of carbonyl (C=O) groups excluding carboxylic acids is 1. The molecule has 1 aliphatic rings. The van der Waals surface area contributed by atoms with E-state index in [0.717, 1.165) is 24.2 Å². The topological polar surface area (TPSA) is 59.7 Å². The van der Waals surface area contributed by atoms with Gasteiger partial charge in [-0.1, -0.05) is 0 Å². The van der Waals surface area contributed by atoms with Gasteiger partial charge in [-0.25, -0.2) is 14.3 Å². The number of likely N-dealkylation sites (tertiary alicyclic amines) is 1. The second-order valence-corrected chi connectivity index (χ2v) is 6.94. The van der Waals surface area contributed by atoms with Gasteiger partial charge < -0.3 is 4.74 Å². The van der Waals surface area contributed by atoms with Gasteiger partial charge in [0.2, 0.25) is 0 Å². The van der Waals surface area contributed by atoms with Crippen molar-refractivity contribution >= 4 is 11.7 Å². The molecule has 0 unspecified atom stereocenters. The Balaban J connectivity index is 2.00. The van der Waals surface area contributed by atoms with Crippen molar-refractivity contribution in [1.82, 2.24) is 19.5 Å². The SMILES string of the molecule is CC(C)(C)OC(=O)N1CCC[C@]1(C)c1ccnc2ccnn12. The summed E-state index contributed by atoms with van der Waals surface area (Å²) in [4.78, 5) is 18.7. The zero-order valence-electron chi connectivity index (χ0n) is 13.5. The van der Waals surface area contributed by atoms with Gasteiger partial charge in [0.05, 0.1) is 17.4 Å². The van der Waals surface area contributed by atoms with Crippen molar-refractivity contribution < 1.29 is 9.53 Å². The summed E-state index contributed by atoms with van der Waals surface area (Å²) in [5.74, 6) is 0. The van der Waals surface area contributed by atoms with Crippen molar-refractivity contribution in [2.75, 3.05) is 6.54 Å². The van der Waals surface area contributed by atoms with Gasteiger partial charge in [-0.05, 0) is 46.6 Å². The van der Waals surface area contributed by atoms with E-state index in [2.05, 4.69) is 17.0 Å². The van der Waals surface area contributed by atoms with Crippen LogP contribution in [-0.2, 0) is 10.3 Å². The molecule has 0 N–H and O–H groups in total. The van der Waals surface area contributed by atoms with E-state index in [9.17, 15) is 4.79 Å². The average molecular weight is 302 g/mol. The minimum absolute atomic E-state index is 0.274. The molecule has 3 rings (SSSR count). The summed E-state index contributed by atoms with van der Waals surface area (Å²) in [7, 11) is 0. The third kappa shape index (κ3) is 2.42.